The van der Waals surface area contributed by atoms with Gasteiger partial charge in [-0.05, 0) is 12.1 Å². The van der Waals surface area contributed by atoms with Gasteiger partial charge in [0.05, 0.1) is 17.5 Å². The number of piperazine rings is 1. The highest BCUT2D eigenvalue weighted by molar-refractivity contribution is 5.78. The van der Waals surface area contributed by atoms with Gasteiger partial charge in [-0.25, -0.2) is 4.98 Å². The van der Waals surface area contributed by atoms with Gasteiger partial charge in [0.2, 0.25) is 11.9 Å². The lowest BCUT2D eigenvalue weighted by molar-refractivity contribution is -0.149. The Labute approximate surface area is 131 Å². The molecule has 1 aliphatic heterocycles. The Morgan fingerprint density at radius 3 is 2.52 bits per heavy atom. The number of halogens is 3. The van der Waals surface area contributed by atoms with E-state index in [0.29, 0.717) is 26.2 Å². The highest BCUT2D eigenvalue weighted by Crippen LogP contribution is 2.23. The third-order valence-electron chi connectivity index (χ3n) is 3.93. The summed E-state index contributed by atoms with van der Waals surface area (Å²) in [6.45, 7) is 1.93. The van der Waals surface area contributed by atoms with Crippen LogP contribution < -0.4 is 4.90 Å². The molecule has 0 unspecified atom stereocenters. The second-order valence-electron chi connectivity index (χ2n) is 5.56. The molecule has 0 bridgehead atoms. The quantitative estimate of drug-likeness (QED) is 0.943. The number of benzene rings is 1. The summed E-state index contributed by atoms with van der Waals surface area (Å²) in [6.07, 6.45) is -5.82. The first-order valence-corrected chi connectivity index (χ1v) is 7.46. The first-order chi connectivity index (χ1) is 10.9. The van der Waals surface area contributed by atoms with Crippen molar-refractivity contribution in [3.05, 3.63) is 24.3 Å². The Kier molecular flexibility index (Phi) is 4.14. The number of fused-ring (bicyclic) bond motifs is 1. The van der Waals surface area contributed by atoms with Crippen LogP contribution in [0.25, 0.3) is 11.0 Å². The molecule has 1 aliphatic rings. The normalized spacial score (nSPS) is 16.1. The van der Waals surface area contributed by atoms with Gasteiger partial charge < -0.3 is 14.8 Å². The fourth-order valence-electron chi connectivity index (χ4n) is 2.66. The van der Waals surface area contributed by atoms with Crippen LogP contribution in [0.2, 0.25) is 0 Å². The van der Waals surface area contributed by atoms with Crippen LogP contribution in [0.4, 0.5) is 19.1 Å². The molecule has 2 heterocycles. The Morgan fingerprint density at radius 2 is 1.87 bits per heavy atom. The summed E-state index contributed by atoms with van der Waals surface area (Å²) >= 11 is 0. The summed E-state index contributed by atoms with van der Waals surface area (Å²) in [4.78, 5) is 23.0. The number of anilines is 1. The molecule has 1 aromatic carbocycles. The monoisotopic (exact) mass is 326 g/mol. The maximum atomic E-state index is 12.2. The number of aromatic amines is 1. The van der Waals surface area contributed by atoms with Crippen LogP contribution in [-0.4, -0.2) is 53.1 Å². The highest BCUT2D eigenvalue weighted by Gasteiger charge is 2.30. The third kappa shape index (κ3) is 3.75. The summed E-state index contributed by atoms with van der Waals surface area (Å²) in [7, 11) is 0. The molecule has 1 saturated heterocycles. The molecule has 1 aromatic heterocycles. The van der Waals surface area contributed by atoms with Crippen LogP contribution in [0.1, 0.15) is 12.8 Å². The molecule has 0 atom stereocenters. The summed E-state index contributed by atoms with van der Waals surface area (Å²) < 4.78 is 36.5. The maximum absolute atomic E-state index is 12.2. The van der Waals surface area contributed by atoms with E-state index in [9.17, 15) is 18.0 Å². The van der Waals surface area contributed by atoms with Crippen molar-refractivity contribution in [2.75, 3.05) is 31.1 Å². The number of nitrogens with zero attached hydrogens (tertiary/aromatic N) is 3. The van der Waals surface area contributed by atoms with E-state index >= 15 is 0 Å². The molecule has 1 fully saturated rings. The molecule has 3 rings (SSSR count). The second-order valence-corrected chi connectivity index (χ2v) is 5.56. The van der Waals surface area contributed by atoms with E-state index in [2.05, 4.69) is 9.97 Å². The van der Waals surface area contributed by atoms with Gasteiger partial charge in [0.1, 0.15) is 0 Å². The number of para-hydroxylation sites is 2. The van der Waals surface area contributed by atoms with Crippen molar-refractivity contribution < 1.29 is 18.0 Å². The summed E-state index contributed by atoms with van der Waals surface area (Å²) in [5.41, 5.74) is 1.80. The Balaban J connectivity index is 1.56. The number of alkyl halides is 3. The lowest BCUT2D eigenvalue weighted by atomic mass is 10.2. The summed E-state index contributed by atoms with van der Waals surface area (Å²) in [5, 5.41) is 0. The maximum Gasteiger partial charge on any atom is 0.389 e. The molecular weight excluding hydrogens is 309 g/mol. The van der Waals surface area contributed by atoms with E-state index in [1.807, 2.05) is 29.2 Å². The number of rotatable bonds is 3. The topological polar surface area (TPSA) is 52.2 Å². The van der Waals surface area contributed by atoms with E-state index in [1.165, 1.54) is 4.90 Å². The first-order valence-electron chi connectivity index (χ1n) is 7.46. The molecule has 5 nitrogen and oxygen atoms in total. The standard InChI is InChI=1S/C15H17F3N4O/c16-15(17,18)6-5-13(23)21-7-9-22(10-8-21)14-19-11-3-1-2-4-12(11)20-14/h1-4H,5-10H2,(H,19,20). The van der Waals surface area contributed by atoms with Crippen molar-refractivity contribution in [1.29, 1.82) is 0 Å². The number of carbonyl (C=O) groups excluding carboxylic acids is 1. The van der Waals surface area contributed by atoms with Crippen LogP contribution in [0.5, 0.6) is 0 Å². The number of nitrogens with one attached hydrogen (secondary N) is 1. The number of amides is 1. The first kappa shape index (κ1) is 15.6. The predicted molar refractivity (Wildman–Crippen MR) is 80.2 cm³/mol. The van der Waals surface area contributed by atoms with Gasteiger partial charge in [-0.3, -0.25) is 4.79 Å². The molecule has 1 amide bonds. The van der Waals surface area contributed by atoms with Crippen molar-refractivity contribution >= 4 is 22.9 Å². The van der Waals surface area contributed by atoms with Gasteiger partial charge in [0.15, 0.2) is 0 Å². The Bertz CT molecular complexity index is 656. The van der Waals surface area contributed by atoms with Gasteiger partial charge >= 0.3 is 6.18 Å². The van der Waals surface area contributed by atoms with Crippen molar-refractivity contribution in [3.8, 4) is 0 Å². The Morgan fingerprint density at radius 1 is 1.17 bits per heavy atom. The van der Waals surface area contributed by atoms with E-state index < -0.39 is 24.9 Å². The number of hydrogen-bond acceptors (Lipinski definition) is 3. The minimum atomic E-state index is -4.29. The molecule has 1 N–H and O–H groups in total. The average Bonchev–Trinajstić information content (AvgIpc) is 2.96. The predicted octanol–water partition coefficient (Wildman–Crippen LogP) is 2.55. The average molecular weight is 326 g/mol. The number of H-pyrrole nitrogens is 1. The highest BCUT2D eigenvalue weighted by atomic mass is 19.4. The largest absolute Gasteiger partial charge is 0.389 e. The molecule has 124 valence electrons. The molecule has 0 saturated carbocycles. The van der Waals surface area contributed by atoms with Crippen molar-refractivity contribution in [1.82, 2.24) is 14.9 Å². The minimum Gasteiger partial charge on any atom is -0.339 e. The van der Waals surface area contributed by atoms with Gasteiger partial charge in [0, 0.05) is 32.6 Å². The molecular formula is C15H17F3N4O. The van der Waals surface area contributed by atoms with E-state index in [-0.39, 0.29) is 0 Å². The lowest BCUT2D eigenvalue weighted by Gasteiger charge is -2.34. The minimum absolute atomic E-state index is 0.410. The van der Waals surface area contributed by atoms with E-state index in [0.717, 1.165) is 17.0 Å². The molecule has 0 aliphatic carbocycles. The molecule has 0 radical (unpaired) electrons. The van der Waals surface area contributed by atoms with Crippen LogP contribution in [0.15, 0.2) is 24.3 Å². The summed E-state index contributed by atoms with van der Waals surface area (Å²) in [5.74, 6) is 0.292. The van der Waals surface area contributed by atoms with Crippen molar-refractivity contribution in [3.63, 3.8) is 0 Å². The number of imidazole rings is 1. The number of carbonyl (C=O) groups is 1. The zero-order chi connectivity index (χ0) is 16.4. The van der Waals surface area contributed by atoms with Gasteiger partial charge in [-0.2, -0.15) is 13.2 Å². The van der Waals surface area contributed by atoms with Crippen molar-refractivity contribution in [2.24, 2.45) is 0 Å². The zero-order valence-electron chi connectivity index (χ0n) is 12.4. The van der Waals surface area contributed by atoms with Crippen LogP contribution in [0, 0.1) is 0 Å². The van der Waals surface area contributed by atoms with Crippen molar-refractivity contribution in [2.45, 2.75) is 19.0 Å². The smallest absolute Gasteiger partial charge is 0.339 e. The van der Waals surface area contributed by atoms with Gasteiger partial charge in [-0.15, -0.1) is 0 Å². The third-order valence-corrected chi connectivity index (χ3v) is 3.93. The number of aromatic nitrogens is 2. The van der Waals surface area contributed by atoms with Crippen LogP contribution >= 0.6 is 0 Å². The Hall–Kier alpha value is -2.25. The molecule has 2 aromatic rings. The zero-order valence-corrected chi connectivity index (χ0v) is 12.4. The summed E-state index contributed by atoms with van der Waals surface area (Å²) in [6, 6.07) is 7.67. The van der Waals surface area contributed by atoms with Gasteiger partial charge in [-0.1, -0.05) is 12.1 Å². The number of hydrogen-bond donors (Lipinski definition) is 1. The second kappa shape index (κ2) is 6.10. The molecule has 8 heteroatoms. The fourth-order valence-corrected chi connectivity index (χ4v) is 2.66. The molecule has 23 heavy (non-hydrogen) atoms. The van der Waals surface area contributed by atoms with E-state index in [1.54, 1.807) is 0 Å². The fraction of sp³-hybridized carbons (Fsp3) is 0.467. The van der Waals surface area contributed by atoms with E-state index in [4.69, 9.17) is 0 Å². The van der Waals surface area contributed by atoms with Gasteiger partial charge in [0.25, 0.3) is 0 Å². The molecule has 0 spiro atoms. The van der Waals surface area contributed by atoms with Crippen LogP contribution in [-0.2, 0) is 4.79 Å². The lowest BCUT2D eigenvalue weighted by Crippen LogP contribution is -2.49. The van der Waals surface area contributed by atoms with Crippen LogP contribution in [0.3, 0.4) is 0 Å². The SMILES string of the molecule is O=C(CCC(F)(F)F)N1CCN(c2nc3ccccc3[nH]2)CC1.